The molecule has 1 aromatic heterocycles. The molecule has 2 amide bonds. The Bertz CT molecular complexity index is 1270. The van der Waals surface area contributed by atoms with Crippen LogP contribution in [-0.4, -0.2) is 22.8 Å². The number of rotatable bonds is 5. The third-order valence-electron chi connectivity index (χ3n) is 4.96. The van der Waals surface area contributed by atoms with E-state index in [0.29, 0.717) is 32.9 Å². The molecular formula is C24H18N4O2. The highest BCUT2D eigenvalue weighted by Gasteiger charge is 2.22. The molecule has 6 heteroatoms. The van der Waals surface area contributed by atoms with Gasteiger partial charge in [-0.25, -0.2) is 4.98 Å². The van der Waals surface area contributed by atoms with Crippen molar-refractivity contribution in [3.63, 3.8) is 0 Å². The number of para-hydroxylation sites is 2. The highest BCUT2D eigenvalue weighted by Crippen LogP contribution is 2.26. The van der Waals surface area contributed by atoms with E-state index in [9.17, 15) is 9.59 Å². The van der Waals surface area contributed by atoms with Crippen molar-refractivity contribution in [3.8, 4) is 6.07 Å². The highest BCUT2D eigenvalue weighted by molar-refractivity contribution is 6.16. The first kappa shape index (κ1) is 19.1. The number of nitriles is 1. The molecule has 0 saturated carbocycles. The number of carbonyl (C=O) groups excluding carboxylic acids is 2. The summed E-state index contributed by atoms with van der Waals surface area (Å²) in [4.78, 5) is 30.0. The first-order chi connectivity index (χ1) is 14.6. The number of nitrogens with one attached hydrogen (secondary N) is 1. The Morgan fingerprint density at radius 1 is 0.967 bits per heavy atom. The van der Waals surface area contributed by atoms with Crippen LogP contribution in [0.5, 0.6) is 0 Å². The Labute approximate surface area is 173 Å². The molecule has 0 aliphatic carbocycles. The lowest BCUT2D eigenvalue weighted by Crippen LogP contribution is -2.46. The molecule has 4 rings (SSSR count). The number of carbonyl (C=O) groups is 2. The van der Waals surface area contributed by atoms with Gasteiger partial charge >= 0.3 is 0 Å². The Hall–Kier alpha value is -4.24. The van der Waals surface area contributed by atoms with E-state index in [0.717, 1.165) is 5.56 Å². The second kappa shape index (κ2) is 8.02. The maximum absolute atomic E-state index is 13.3. The Kier molecular flexibility index (Phi) is 5.10. The zero-order valence-corrected chi connectivity index (χ0v) is 16.0. The van der Waals surface area contributed by atoms with Crippen molar-refractivity contribution in [1.29, 1.82) is 5.26 Å². The molecule has 0 fully saturated rings. The average molecular weight is 394 g/mol. The van der Waals surface area contributed by atoms with Crippen molar-refractivity contribution in [3.05, 3.63) is 89.5 Å². The topological polar surface area (TPSA) is 109 Å². The fourth-order valence-electron chi connectivity index (χ4n) is 3.54. The van der Waals surface area contributed by atoms with Crippen LogP contribution >= 0.6 is 0 Å². The van der Waals surface area contributed by atoms with Gasteiger partial charge in [0.25, 0.3) is 5.91 Å². The summed E-state index contributed by atoms with van der Waals surface area (Å²) < 4.78 is 0. The summed E-state index contributed by atoms with van der Waals surface area (Å²) in [6.45, 7) is 0. The van der Waals surface area contributed by atoms with Gasteiger partial charge in [-0.1, -0.05) is 48.5 Å². The van der Waals surface area contributed by atoms with Gasteiger partial charge in [0.05, 0.1) is 28.2 Å². The van der Waals surface area contributed by atoms with Crippen molar-refractivity contribution < 1.29 is 9.59 Å². The van der Waals surface area contributed by atoms with Crippen LogP contribution in [0, 0.1) is 11.3 Å². The lowest BCUT2D eigenvalue weighted by atomic mass is 10.00. The molecule has 30 heavy (non-hydrogen) atoms. The molecule has 0 spiro atoms. The molecular weight excluding hydrogens is 376 g/mol. The summed E-state index contributed by atoms with van der Waals surface area (Å²) >= 11 is 0. The van der Waals surface area contributed by atoms with Crippen molar-refractivity contribution in [2.45, 2.75) is 12.5 Å². The molecule has 0 radical (unpaired) electrons. The Morgan fingerprint density at radius 2 is 1.60 bits per heavy atom. The molecule has 146 valence electrons. The molecule has 0 unspecified atom stereocenters. The lowest BCUT2D eigenvalue weighted by molar-refractivity contribution is -0.119. The molecule has 3 aromatic carbocycles. The third kappa shape index (κ3) is 3.69. The van der Waals surface area contributed by atoms with E-state index in [-0.39, 0.29) is 6.42 Å². The van der Waals surface area contributed by atoms with E-state index in [1.54, 1.807) is 24.3 Å². The van der Waals surface area contributed by atoms with Crippen LogP contribution in [0.2, 0.25) is 0 Å². The standard InChI is InChI=1S/C24H18N4O2/c25-14-16-7-5-6-15(12-16)13-21(23(26)29)28-24(30)22-17-8-1-3-10-19(17)27-20-11-4-2-9-18(20)22/h1-12,21H,13H2,(H2,26,29)(H,28,30)/t21-/m0/s1. The molecule has 3 N–H and O–H groups in total. The van der Waals surface area contributed by atoms with Crippen LogP contribution in [0.25, 0.3) is 21.8 Å². The number of fused-ring (bicyclic) bond motifs is 2. The van der Waals surface area contributed by atoms with Gasteiger partial charge < -0.3 is 11.1 Å². The first-order valence-electron chi connectivity index (χ1n) is 9.43. The minimum atomic E-state index is -0.919. The van der Waals surface area contributed by atoms with E-state index in [2.05, 4.69) is 16.4 Å². The predicted molar refractivity (Wildman–Crippen MR) is 115 cm³/mol. The fourth-order valence-corrected chi connectivity index (χ4v) is 3.54. The van der Waals surface area contributed by atoms with Gasteiger partial charge in [-0.3, -0.25) is 9.59 Å². The number of nitrogens with two attached hydrogens (primary N) is 1. The van der Waals surface area contributed by atoms with Gasteiger partial charge in [-0.2, -0.15) is 5.26 Å². The van der Waals surface area contributed by atoms with Crippen molar-refractivity contribution in [2.24, 2.45) is 5.73 Å². The maximum Gasteiger partial charge on any atom is 0.253 e. The summed E-state index contributed by atoms with van der Waals surface area (Å²) in [6, 6.07) is 22.8. The summed E-state index contributed by atoms with van der Waals surface area (Å²) in [6.07, 6.45) is 0.192. The molecule has 0 saturated heterocycles. The average Bonchev–Trinajstić information content (AvgIpc) is 2.76. The zero-order chi connectivity index (χ0) is 21.1. The molecule has 6 nitrogen and oxygen atoms in total. The van der Waals surface area contributed by atoms with Gasteiger partial charge in [-0.05, 0) is 29.8 Å². The van der Waals surface area contributed by atoms with E-state index in [1.165, 1.54) is 0 Å². The van der Waals surface area contributed by atoms with E-state index in [1.807, 2.05) is 48.5 Å². The zero-order valence-electron chi connectivity index (χ0n) is 16.0. The van der Waals surface area contributed by atoms with Crippen molar-refractivity contribution in [2.75, 3.05) is 0 Å². The number of hydrogen-bond donors (Lipinski definition) is 2. The van der Waals surface area contributed by atoms with Gasteiger partial charge in [0, 0.05) is 17.2 Å². The summed E-state index contributed by atoms with van der Waals surface area (Å²) in [5.74, 6) is -1.04. The number of amides is 2. The smallest absolute Gasteiger partial charge is 0.253 e. The second-order valence-electron chi connectivity index (χ2n) is 6.97. The van der Waals surface area contributed by atoms with Crippen LogP contribution in [0.3, 0.4) is 0 Å². The van der Waals surface area contributed by atoms with Crippen LogP contribution in [0.4, 0.5) is 0 Å². The van der Waals surface area contributed by atoms with Crippen LogP contribution in [-0.2, 0) is 11.2 Å². The van der Waals surface area contributed by atoms with E-state index < -0.39 is 17.9 Å². The van der Waals surface area contributed by atoms with Gasteiger partial charge in [0.2, 0.25) is 5.91 Å². The lowest BCUT2D eigenvalue weighted by Gasteiger charge is -2.17. The minimum absolute atomic E-state index is 0.192. The highest BCUT2D eigenvalue weighted by atomic mass is 16.2. The quantitative estimate of drug-likeness (QED) is 0.507. The SMILES string of the molecule is N#Cc1cccc(C[C@H](NC(=O)c2c3ccccc3nc3ccccc23)C(N)=O)c1. The van der Waals surface area contributed by atoms with Crippen molar-refractivity contribution in [1.82, 2.24) is 10.3 Å². The Morgan fingerprint density at radius 3 is 2.20 bits per heavy atom. The number of hydrogen-bond acceptors (Lipinski definition) is 4. The number of pyridine rings is 1. The predicted octanol–water partition coefficient (Wildman–Crippen LogP) is 3.09. The summed E-state index contributed by atoms with van der Waals surface area (Å²) in [7, 11) is 0. The second-order valence-corrected chi connectivity index (χ2v) is 6.97. The molecule has 1 atom stereocenters. The van der Waals surface area contributed by atoms with Gasteiger partial charge in [0.15, 0.2) is 0 Å². The van der Waals surface area contributed by atoms with E-state index in [4.69, 9.17) is 11.0 Å². The molecule has 1 heterocycles. The molecule has 0 aliphatic heterocycles. The van der Waals surface area contributed by atoms with Crippen LogP contribution in [0.1, 0.15) is 21.5 Å². The largest absolute Gasteiger partial charge is 0.368 e. The fraction of sp³-hybridized carbons (Fsp3) is 0.0833. The molecule has 0 bridgehead atoms. The first-order valence-corrected chi connectivity index (χ1v) is 9.43. The van der Waals surface area contributed by atoms with E-state index >= 15 is 0 Å². The number of aromatic nitrogens is 1. The maximum atomic E-state index is 13.3. The monoisotopic (exact) mass is 394 g/mol. The minimum Gasteiger partial charge on any atom is -0.368 e. The summed E-state index contributed by atoms with van der Waals surface area (Å²) in [5, 5.41) is 13.3. The van der Waals surface area contributed by atoms with Crippen LogP contribution in [0.15, 0.2) is 72.8 Å². The number of nitrogens with zero attached hydrogens (tertiary/aromatic N) is 2. The number of benzene rings is 3. The van der Waals surface area contributed by atoms with Crippen molar-refractivity contribution >= 4 is 33.6 Å². The number of primary amides is 1. The summed E-state index contributed by atoms with van der Waals surface area (Å²) in [5.41, 5.74) is 8.63. The Balaban J connectivity index is 1.73. The molecule has 0 aliphatic rings. The van der Waals surface area contributed by atoms with Crippen LogP contribution < -0.4 is 11.1 Å². The normalized spacial score (nSPS) is 11.7. The third-order valence-corrected chi connectivity index (χ3v) is 4.96. The van der Waals surface area contributed by atoms with Gasteiger partial charge in [0.1, 0.15) is 6.04 Å². The van der Waals surface area contributed by atoms with Gasteiger partial charge in [-0.15, -0.1) is 0 Å². The molecule has 4 aromatic rings.